The maximum atomic E-state index is 11.8. The minimum absolute atomic E-state index is 0.00946. The van der Waals surface area contributed by atoms with E-state index in [0.29, 0.717) is 26.1 Å². The molecule has 0 aliphatic carbocycles. The first-order valence-electron chi connectivity index (χ1n) is 9.87. The molecule has 5 nitrogen and oxygen atoms in total. The van der Waals surface area contributed by atoms with E-state index in [1.165, 1.54) is 5.56 Å². The van der Waals surface area contributed by atoms with Crippen LogP contribution in [0.1, 0.15) is 30.8 Å². The minimum Gasteiger partial charge on any atom is -0.491 e. The van der Waals surface area contributed by atoms with Gasteiger partial charge in [0.25, 0.3) is 0 Å². The van der Waals surface area contributed by atoms with Crippen molar-refractivity contribution in [3.05, 3.63) is 59.4 Å². The van der Waals surface area contributed by atoms with Gasteiger partial charge in [0.15, 0.2) is 0 Å². The molecule has 28 heavy (non-hydrogen) atoms. The quantitative estimate of drug-likeness (QED) is 0.642. The number of hydrogen-bond acceptors (Lipinski definition) is 3. The van der Waals surface area contributed by atoms with Crippen LogP contribution in [-0.2, 0) is 17.8 Å². The van der Waals surface area contributed by atoms with Gasteiger partial charge in [-0.3, -0.25) is 4.79 Å². The highest BCUT2D eigenvalue weighted by molar-refractivity contribution is 5.78. The van der Waals surface area contributed by atoms with Crippen LogP contribution in [0, 0.1) is 19.8 Å². The molecule has 1 heterocycles. The Labute approximate surface area is 166 Å². The molecule has 0 bridgehead atoms. The van der Waals surface area contributed by atoms with E-state index in [9.17, 15) is 4.79 Å². The molecule has 1 N–H and O–H groups in total. The van der Waals surface area contributed by atoms with Crippen LogP contribution < -0.4 is 10.1 Å². The number of carbonyl (C=O) groups excluding carboxylic acids is 1. The molecule has 0 atom stereocenters. The van der Waals surface area contributed by atoms with Gasteiger partial charge < -0.3 is 14.6 Å². The molecule has 2 aromatic carbocycles. The predicted octanol–water partition coefficient (Wildman–Crippen LogP) is 4.05. The fourth-order valence-corrected chi connectivity index (χ4v) is 3.18. The molecule has 0 aliphatic rings. The predicted molar refractivity (Wildman–Crippen MR) is 113 cm³/mol. The molecule has 5 heteroatoms. The van der Waals surface area contributed by atoms with E-state index in [1.54, 1.807) is 0 Å². The molecule has 1 amide bonds. The van der Waals surface area contributed by atoms with Crippen LogP contribution in [0.15, 0.2) is 42.5 Å². The van der Waals surface area contributed by atoms with Crippen molar-refractivity contribution in [3.63, 3.8) is 0 Å². The number of para-hydroxylation sites is 2. The topological polar surface area (TPSA) is 56.1 Å². The second-order valence-electron chi connectivity index (χ2n) is 7.48. The number of imidazole rings is 1. The Kier molecular flexibility index (Phi) is 6.34. The fourth-order valence-electron chi connectivity index (χ4n) is 3.18. The number of nitrogens with one attached hydrogen (secondary N) is 1. The van der Waals surface area contributed by atoms with Gasteiger partial charge in [0.2, 0.25) is 5.91 Å². The molecule has 1 aromatic heterocycles. The molecule has 3 rings (SSSR count). The molecule has 3 aromatic rings. The van der Waals surface area contributed by atoms with Gasteiger partial charge in [-0.15, -0.1) is 0 Å². The standard InChI is InChI=1S/C23H29N3O2/c1-16(2)23(27)24-12-11-22-25-19-7-5-6-8-20(19)26(22)13-14-28-21-15-17(3)9-10-18(21)4/h5-10,15-16H,11-14H2,1-4H3,(H,24,27). The zero-order valence-corrected chi connectivity index (χ0v) is 17.2. The maximum Gasteiger partial charge on any atom is 0.222 e. The Morgan fingerprint density at radius 1 is 1.18 bits per heavy atom. The van der Waals surface area contributed by atoms with Crippen LogP contribution in [0.3, 0.4) is 0 Å². The second kappa shape index (κ2) is 8.91. The number of benzene rings is 2. The van der Waals surface area contributed by atoms with Crippen LogP contribution in [0.5, 0.6) is 5.75 Å². The first kappa shape index (κ1) is 19.9. The first-order chi connectivity index (χ1) is 13.5. The molecule has 0 spiro atoms. The van der Waals surface area contributed by atoms with Crippen LogP contribution in [0.4, 0.5) is 0 Å². The van der Waals surface area contributed by atoms with Crippen molar-refractivity contribution in [3.8, 4) is 5.75 Å². The highest BCUT2D eigenvalue weighted by atomic mass is 16.5. The Hall–Kier alpha value is -2.82. The second-order valence-corrected chi connectivity index (χ2v) is 7.48. The highest BCUT2D eigenvalue weighted by Gasteiger charge is 2.12. The summed E-state index contributed by atoms with van der Waals surface area (Å²) in [6.45, 7) is 9.78. The molecule has 0 aliphatic heterocycles. The Morgan fingerprint density at radius 3 is 2.75 bits per heavy atom. The van der Waals surface area contributed by atoms with Crippen molar-refractivity contribution >= 4 is 16.9 Å². The molecular weight excluding hydrogens is 350 g/mol. The number of rotatable bonds is 8. The van der Waals surface area contributed by atoms with E-state index in [-0.39, 0.29) is 11.8 Å². The average molecular weight is 380 g/mol. The van der Waals surface area contributed by atoms with Gasteiger partial charge in [-0.1, -0.05) is 38.1 Å². The first-order valence-corrected chi connectivity index (χ1v) is 9.87. The van der Waals surface area contributed by atoms with Gasteiger partial charge in [-0.2, -0.15) is 0 Å². The normalized spacial score (nSPS) is 11.2. The van der Waals surface area contributed by atoms with Crippen molar-refractivity contribution in [1.29, 1.82) is 0 Å². The van der Waals surface area contributed by atoms with Gasteiger partial charge in [-0.25, -0.2) is 4.98 Å². The van der Waals surface area contributed by atoms with Crippen molar-refractivity contribution in [2.45, 2.75) is 40.7 Å². The zero-order valence-electron chi connectivity index (χ0n) is 17.2. The van der Waals surface area contributed by atoms with E-state index in [0.717, 1.165) is 28.2 Å². The van der Waals surface area contributed by atoms with E-state index in [4.69, 9.17) is 9.72 Å². The molecule has 0 saturated heterocycles. The minimum atomic E-state index is -0.00946. The lowest BCUT2D eigenvalue weighted by Crippen LogP contribution is -2.30. The van der Waals surface area contributed by atoms with Gasteiger partial charge >= 0.3 is 0 Å². The van der Waals surface area contributed by atoms with Gasteiger partial charge in [0.05, 0.1) is 17.6 Å². The summed E-state index contributed by atoms with van der Waals surface area (Å²) in [7, 11) is 0. The summed E-state index contributed by atoms with van der Waals surface area (Å²) < 4.78 is 8.25. The smallest absolute Gasteiger partial charge is 0.222 e. The summed E-state index contributed by atoms with van der Waals surface area (Å²) in [5.41, 5.74) is 4.39. The number of aromatic nitrogens is 2. The molecule has 0 fully saturated rings. The van der Waals surface area contributed by atoms with Crippen LogP contribution in [0.2, 0.25) is 0 Å². The number of hydrogen-bond donors (Lipinski definition) is 1. The lowest BCUT2D eigenvalue weighted by Gasteiger charge is -2.13. The number of amides is 1. The number of carbonyl (C=O) groups is 1. The van der Waals surface area contributed by atoms with Crippen molar-refractivity contribution in [1.82, 2.24) is 14.9 Å². The molecule has 148 valence electrons. The van der Waals surface area contributed by atoms with Crippen molar-refractivity contribution in [2.24, 2.45) is 5.92 Å². The largest absolute Gasteiger partial charge is 0.491 e. The Bertz CT molecular complexity index is 960. The van der Waals surface area contributed by atoms with Gasteiger partial charge in [0, 0.05) is 18.9 Å². The summed E-state index contributed by atoms with van der Waals surface area (Å²) in [6.07, 6.45) is 0.691. The number of nitrogens with zero attached hydrogens (tertiary/aromatic N) is 2. The summed E-state index contributed by atoms with van der Waals surface area (Å²) >= 11 is 0. The number of fused-ring (bicyclic) bond motifs is 1. The lowest BCUT2D eigenvalue weighted by molar-refractivity contribution is -0.123. The Morgan fingerprint density at radius 2 is 1.96 bits per heavy atom. The highest BCUT2D eigenvalue weighted by Crippen LogP contribution is 2.20. The Balaban J connectivity index is 1.71. The maximum absolute atomic E-state index is 11.8. The molecule has 0 unspecified atom stereocenters. The third-order valence-corrected chi connectivity index (χ3v) is 4.82. The number of aryl methyl sites for hydroxylation is 2. The fraction of sp³-hybridized carbons (Fsp3) is 0.391. The van der Waals surface area contributed by atoms with Crippen LogP contribution in [0.25, 0.3) is 11.0 Å². The SMILES string of the molecule is Cc1ccc(C)c(OCCn2c(CCNC(=O)C(C)C)nc3ccccc32)c1. The van der Waals surface area contributed by atoms with E-state index >= 15 is 0 Å². The molecule has 0 radical (unpaired) electrons. The summed E-state index contributed by atoms with van der Waals surface area (Å²) in [6, 6.07) is 14.4. The molecule has 0 saturated carbocycles. The van der Waals surface area contributed by atoms with Gasteiger partial charge in [-0.05, 0) is 43.2 Å². The lowest BCUT2D eigenvalue weighted by atomic mass is 10.1. The zero-order chi connectivity index (χ0) is 20.1. The summed E-state index contributed by atoms with van der Waals surface area (Å²) in [5, 5.41) is 2.97. The third-order valence-electron chi connectivity index (χ3n) is 4.82. The molecular formula is C23H29N3O2. The van der Waals surface area contributed by atoms with Crippen LogP contribution >= 0.6 is 0 Å². The summed E-state index contributed by atoms with van der Waals surface area (Å²) in [5.74, 6) is 1.95. The summed E-state index contributed by atoms with van der Waals surface area (Å²) in [4.78, 5) is 16.6. The van der Waals surface area contributed by atoms with E-state index < -0.39 is 0 Å². The van der Waals surface area contributed by atoms with E-state index in [1.807, 2.05) is 32.0 Å². The monoisotopic (exact) mass is 379 g/mol. The number of ether oxygens (including phenoxy) is 1. The van der Waals surface area contributed by atoms with Crippen molar-refractivity contribution < 1.29 is 9.53 Å². The van der Waals surface area contributed by atoms with Crippen molar-refractivity contribution in [2.75, 3.05) is 13.2 Å². The average Bonchev–Trinajstić information content (AvgIpc) is 3.02. The van der Waals surface area contributed by atoms with E-state index in [2.05, 4.69) is 48.0 Å². The third kappa shape index (κ3) is 4.71. The van der Waals surface area contributed by atoms with Gasteiger partial charge in [0.1, 0.15) is 18.2 Å². The van der Waals surface area contributed by atoms with Crippen LogP contribution in [-0.4, -0.2) is 28.6 Å².